The highest BCUT2D eigenvalue weighted by Gasteiger charge is 2.38. The summed E-state index contributed by atoms with van der Waals surface area (Å²) in [6, 6.07) is 14.7. The molecule has 4 rings (SSSR count). The Morgan fingerprint density at radius 1 is 1.28 bits per heavy atom. The van der Waals surface area contributed by atoms with Gasteiger partial charge in [-0.05, 0) is 17.7 Å². The maximum atomic E-state index is 11.6. The van der Waals surface area contributed by atoms with Gasteiger partial charge in [0.05, 0.1) is 19.1 Å². The molecule has 3 atom stereocenters. The van der Waals surface area contributed by atoms with Crippen LogP contribution in [0.5, 0.6) is 0 Å². The molecule has 10 nitrogen and oxygen atoms in total. The van der Waals surface area contributed by atoms with Gasteiger partial charge >= 0.3 is 5.97 Å². The molecule has 0 aliphatic carbocycles. The Bertz CT molecular complexity index is 974. The minimum Gasteiger partial charge on any atom is -0.457 e. The first-order valence-electron chi connectivity index (χ1n) is 9.99. The largest absolute Gasteiger partial charge is 0.457 e. The normalized spacial score (nSPS) is 18.6. The van der Waals surface area contributed by atoms with Gasteiger partial charge in [0.2, 0.25) is 0 Å². The van der Waals surface area contributed by atoms with Crippen molar-refractivity contribution in [3.8, 4) is 6.07 Å². The number of ether oxygens (including phenoxy) is 2. The molecule has 2 aromatic heterocycles. The fourth-order valence-corrected chi connectivity index (χ4v) is 2.67. The quantitative estimate of drug-likeness (QED) is 0.509. The van der Waals surface area contributed by atoms with Crippen LogP contribution >= 0.6 is 0 Å². The molecule has 3 aromatic rings. The molecule has 1 aliphatic heterocycles. The predicted molar refractivity (Wildman–Crippen MR) is 118 cm³/mol. The summed E-state index contributed by atoms with van der Waals surface area (Å²) < 4.78 is 11.8. The van der Waals surface area contributed by atoms with E-state index in [1.165, 1.54) is 6.33 Å². The average Bonchev–Trinajstić information content (AvgIpc) is 3.45. The van der Waals surface area contributed by atoms with Crippen molar-refractivity contribution < 1.29 is 24.5 Å². The molecule has 1 aliphatic rings. The number of nitriles is 1. The molecule has 1 aromatic carbocycles. The number of carbonyl (C=O) groups is 1. The van der Waals surface area contributed by atoms with E-state index in [1.54, 1.807) is 10.6 Å². The molecule has 1 saturated heterocycles. The van der Waals surface area contributed by atoms with Crippen LogP contribution in [0.25, 0.3) is 5.52 Å². The fraction of sp³-hybridized carbons (Fsp3) is 0.364. The van der Waals surface area contributed by atoms with Crippen LogP contribution in [0.2, 0.25) is 0 Å². The summed E-state index contributed by atoms with van der Waals surface area (Å²) in [5.41, 5.74) is 7.22. The maximum Gasteiger partial charge on any atom is 0.310 e. The van der Waals surface area contributed by atoms with Crippen molar-refractivity contribution in [3.05, 3.63) is 60.6 Å². The van der Waals surface area contributed by atoms with Gasteiger partial charge in [0.1, 0.15) is 17.9 Å². The molecular weight excluding hydrogens is 414 g/mol. The van der Waals surface area contributed by atoms with Crippen molar-refractivity contribution in [1.29, 1.82) is 5.26 Å². The van der Waals surface area contributed by atoms with E-state index in [-0.39, 0.29) is 13.0 Å². The van der Waals surface area contributed by atoms with Crippen LogP contribution in [-0.4, -0.2) is 62.8 Å². The number of aliphatic hydroxyl groups excluding tert-OH is 2. The molecule has 0 bridgehead atoms. The summed E-state index contributed by atoms with van der Waals surface area (Å²) in [7, 11) is 1.00. The molecule has 172 valence electrons. The second-order valence-corrected chi connectivity index (χ2v) is 6.05. The standard InChI is InChI=1S/C13H13NO4.C6H6N4.C2H6.CH4O/c14-7-10-13(16)11(8-17-10)18-12(15)6-9-4-2-1-3-5-9;7-6-5-2-1-3-10(5)9-4-8-6;2*1-2/h1-5,10-11,13,16H,6,8H2;1-4H,(H2,7,8,9);1-2H3;2H,1H3. The van der Waals surface area contributed by atoms with E-state index in [9.17, 15) is 9.90 Å². The molecule has 3 unspecified atom stereocenters. The van der Waals surface area contributed by atoms with Crippen LogP contribution in [0.4, 0.5) is 5.82 Å². The van der Waals surface area contributed by atoms with Gasteiger partial charge in [-0.2, -0.15) is 10.4 Å². The van der Waals surface area contributed by atoms with E-state index < -0.39 is 24.3 Å². The number of anilines is 1. The molecule has 0 amide bonds. The summed E-state index contributed by atoms with van der Waals surface area (Å²) in [6.45, 7) is 4.06. The van der Waals surface area contributed by atoms with Gasteiger partial charge in [-0.1, -0.05) is 44.2 Å². The number of hydrogen-bond acceptors (Lipinski definition) is 9. The van der Waals surface area contributed by atoms with E-state index in [0.29, 0.717) is 5.82 Å². The van der Waals surface area contributed by atoms with Crippen LogP contribution < -0.4 is 5.73 Å². The van der Waals surface area contributed by atoms with Gasteiger partial charge in [-0.15, -0.1) is 0 Å². The fourth-order valence-electron chi connectivity index (χ4n) is 2.67. The summed E-state index contributed by atoms with van der Waals surface area (Å²) in [4.78, 5) is 15.5. The zero-order valence-electron chi connectivity index (χ0n) is 18.3. The lowest BCUT2D eigenvalue weighted by Gasteiger charge is -2.14. The highest BCUT2D eigenvalue weighted by molar-refractivity contribution is 5.72. The Morgan fingerprint density at radius 3 is 2.56 bits per heavy atom. The van der Waals surface area contributed by atoms with Gasteiger partial charge in [0.15, 0.2) is 18.0 Å². The molecule has 3 heterocycles. The topological polar surface area (TPSA) is 156 Å². The monoisotopic (exact) mass is 443 g/mol. The van der Waals surface area contributed by atoms with E-state index in [1.807, 2.05) is 62.5 Å². The number of hydrogen-bond donors (Lipinski definition) is 3. The first-order valence-corrected chi connectivity index (χ1v) is 9.99. The number of nitrogen functional groups attached to an aromatic ring is 1. The molecule has 0 saturated carbocycles. The Hall–Kier alpha value is -3.52. The Labute approximate surface area is 186 Å². The van der Waals surface area contributed by atoms with Gasteiger partial charge < -0.3 is 25.4 Å². The van der Waals surface area contributed by atoms with E-state index in [0.717, 1.165) is 18.2 Å². The number of esters is 1. The number of benzene rings is 1. The van der Waals surface area contributed by atoms with Gasteiger partial charge in [0.25, 0.3) is 0 Å². The molecular formula is C22H29N5O5. The Kier molecular flexibility index (Phi) is 12.0. The second-order valence-electron chi connectivity index (χ2n) is 6.05. The van der Waals surface area contributed by atoms with Crippen LogP contribution in [0.3, 0.4) is 0 Å². The van der Waals surface area contributed by atoms with Crippen LogP contribution in [-0.2, 0) is 20.7 Å². The third-order valence-electron chi connectivity index (χ3n) is 4.10. The van der Waals surface area contributed by atoms with Crippen LogP contribution in [0, 0.1) is 11.3 Å². The van der Waals surface area contributed by atoms with E-state index >= 15 is 0 Å². The van der Waals surface area contributed by atoms with Crippen molar-refractivity contribution in [3.63, 3.8) is 0 Å². The number of nitrogens with two attached hydrogens (primary N) is 1. The van der Waals surface area contributed by atoms with Crippen molar-refractivity contribution in [2.24, 2.45) is 0 Å². The Balaban J connectivity index is 0.000000308. The van der Waals surface area contributed by atoms with Crippen molar-refractivity contribution in [2.45, 2.75) is 38.6 Å². The molecule has 0 spiro atoms. The SMILES string of the molecule is CC.CO.N#CC1OCC(OC(=O)Cc2ccccc2)C1O.Nc1ncnn2cccc12. The molecule has 4 N–H and O–H groups in total. The van der Waals surface area contributed by atoms with E-state index in [2.05, 4.69) is 10.1 Å². The number of rotatable bonds is 3. The molecule has 32 heavy (non-hydrogen) atoms. The third-order valence-corrected chi connectivity index (χ3v) is 4.10. The van der Waals surface area contributed by atoms with Gasteiger partial charge in [0, 0.05) is 13.3 Å². The van der Waals surface area contributed by atoms with Crippen molar-refractivity contribution in [1.82, 2.24) is 14.6 Å². The average molecular weight is 444 g/mol. The third kappa shape index (κ3) is 7.63. The maximum absolute atomic E-state index is 11.6. The lowest BCUT2D eigenvalue weighted by atomic mass is 10.1. The number of fused-ring (bicyclic) bond motifs is 1. The zero-order chi connectivity index (χ0) is 23.9. The van der Waals surface area contributed by atoms with E-state index in [4.69, 9.17) is 25.6 Å². The first-order chi connectivity index (χ1) is 15.6. The number of carbonyl (C=O) groups excluding carboxylic acids is 1. The number of aromatic nitrogens is 3. The summed E-state index contributed by atoms with van der Waals surface area (Å²) in [5, 5.41) is 29.2. The summed E-state index contributed by atoms with van der Waals surface area (Å²) in [5.74, 6) is 0.0763. The minimum absolute atomic E-state index is 0.0555. The van der Waals surface area contributed by atoms with Crippen molar-refractivity contribution >= 4 is 17.3 Å². The second kappa shape index (κ2) is 14.5. The van der Waals surface area contributed by atoms with Crippen molar-refractivity contribution in [2.75, 3.05) is 19.5 Å². The number of aliphatic hydroxyl groups is 2. The minimum atomic E-state index is -1.07. The smallest absolute Gasteiger partial charge is 0.310 e. The highest BCUT2D eigenvalue weighted by Crippen LogP contribution is 2.17. The Morgan fingerprint density at radius 2 is 1.97 bits per heavy atom. The molecule has 10 heteroatoms. The molecule has 1 fully saturated rings. The summed E-state index contributed by atoms with van der Waals surface area (Å²) >= 11 is 0. The van der Waals surface area contributed by atoms with Crippen LogP contribution in [0.1, 0.15) is 19.4 Å². The summed E-state index contributed by atoms with van der Waals surface area (Å²) in [6.07, 6.45) is 0.650. The van der Waals surface area contributed by atoms with Gasteiger partial charge in [-0.25, -0.2) is 9.50 Å². The lowest BCUT2D eigenvalue weighted by molar-refractivity contribution is -0.151. The molecule has 0 radical (unpaired) electrons. The first kappa shape index (κ1) is 26.5. The van der Waals surface area contributed by atoms with Crippen LogP contribution in [0.15, 0.2) is 55.0 Å². The highest BCUT2D eigenvalue weighted by atomic mass is 16.6. The lowest BCUT2D eigenvalue weighted by Crippen LogP contribution is -2.33. The zero-order valence-corrected chi connectivity index (χ0v) is 18.3. The predicted octanol–water partition coefficient (Wildman–Crippen LogP) is 1.37. The van der Waals surface area contributed by atoms with Gasteiger partial charge in [-0.3, -0.25) is 4.79 Å². The number of nitrogens with zero attached hydrogens (tertiary/aromatic N) is 4.